The smallest absolute Gasteiger partial charge is 0.160 e. The molecular weight excluding hydrogens is 252 g/mol. The Bertz CT molecular complexity index is 565. The van der Waals surface area contributed by atoms with E-state index < -0.39 is 0 Å². The number of methoxy groups -OCH3 is 1. The number of phenolic OH excluding ortho intramolecular Hbond substituents is 1. The van der Waals surface area contributed by atoms with Crippen LogP contribution in [0.5, 0.6) is 11.5 Å². The van der Waals surface area contributed by atoms with Crippen LogP contribution in [0.25, 0.3) is 0 Å². The first-order valence-corrected chi connectivity index (χ1v) is 6.47. The molecule has 0 saturated heterocycles. The van der Waals surface area contributed by atoms with Gasteiger partial charge in [-0.15, -0.1) is 0 Å². The lowest BCUT2D eigenvalue weighted by Gasteiger charge is -2.13. The van der Waals surface area contributed by atoms with Crippen LogP contribution in [-0.2, 0) is 6.54 Å². The Morgan fingerprint density at radius 3 is 2.35 bits per heavy atom. The van der Waals surface area contributed by atoms with Gasteiger partial charge in [0.05, 0.1) is 7.11 Å². The van der Waals surface area contributed by atoms with Gasteiger partial charge in [0.1, 0.15) is 0 Å². The number of ether oxygens (including phenoxy) is 1. The summed E-state index contributed by atoms with van der Waals surface area (Å²) >= 11 is 0. The van der Waals surface area contributed by atoms with E-state index in [-0.39, 0.29) is 5.75 Å². The number of rotatable bonds is 5. The van der Waals surface area contributed by atoms with Gasteiger partial charge in [0.2, 0.25) is 0 Å². The van der Waals surface area contributed by atoms with Crippen LogP contribution < -0.4 is 15.0 Å². The van der Waals surface area contributed by atoms with Crippen LogP contribution in [0.2, 0.25) is 0 Å². The first-order chi connectivity index (χ1) is 9.60. The summed E-state index contributed by atoms with van der Waals surface area (Å²) in [6.07, 6.45) is 0. The first kappa shape index (κ1) is 14.1. The Labute approximate surface area is 119 Å². The minimum atomic E-state index is 0.162. The maximum atomic E-state index is 9.73. The van der Waals surface area contributed by atoms with Gasteiger partial charge in [0.15, 0.2) is 11.5 Å². The molecule has 0 fully saturated rings. The predicted molar refractivity (Wildman–Crippen MR) is 82.8 cm³/mol. The standard InChI is InChI=1S/C16H20N2O2/c1-18(2)14-7-5-13(6-8-14)17-11-12-4-9-16(20-3)15(19)10-12/h4-10,17,19H,11H2,1-3H3. The third-order valence-corrected chi connectivity index (χ3v) is 3.12. The fraction of sp³-hybridized carbons (Fsp3) is 0.250. The molecule has 4 heteroatoms. The van der Waals surface area contributed by atoms with Crippen LogP contribution in [0, 0.1) is 0 Å². The molecule has 0 aromatic heterocycles. The fourth-order valence-corrected chi connectivity index (χ4v) is 1.93. The zero-order valence-electron chi connectivity index (χ0n) is 12.1. The summed E-state index contributed by atoms with van der Waals surface area (Å²) in [4.78, 5) is 2.06. The van der Waals surface area contributed by atoms with Crippen LogP contribution in [0.3, 0.4) is 0 Å². The van der Waals surface area contributed by atoms with Crippen molar-refractivity contribution in [2.45, 2.75) is 6.54 Å². The maximum Gasteiger partial charge on any atom is 0.160 e. The van der Waals surface area contributed by atoms with E-state index in [0.717, 1.165) is 16.9 Å². The zero-order chi connectivity index (χ0) is 14.5. The maximum absolute atomic E-state index is 9.73. The lowest BCUT2D eigenvalue weighted by molar-refractivity contribution is 0.373. The van der Waals surface area contributed by atoms with E-state index in [2.05, 4.69) is 22.3 Å². The van der Waals surface area contributed by atoms with Crippen molar-refractivity contribution in [3.63, 3.8) is 0 Å². The number of benzene rings is 2. The highest BCUT2D eigenvalue weighted by Crippen LogP contribution is 2.26. The lowest BCUT2D eigenvalue weighted by atomic mass is 10.2. The van der Waals surface area contributed by atoms with Gasteiger partial charge in [-0.2, -0.15) is 0 Å². The van der Waals surface area contributed by atoms with Gasteiger partial charge in [0.25, 0.3) is 0 Å². The van der Waals surface area contributed by atoms with Crippen LogP contribution in [0.1, 0.15) is 5.56 Å². The molecule has 0 bridgehead atoms. The molecule has 0 amide bonds. The first-order valence-electron chi connectivity index (χ1n) is 6.47. The summed E-state index contributed by atoms with van der Waals surface area (Å²) < 4.78 is 5.02. The average molecular weight is 272 g/mol. The molecule has 0 atom stereocenters. The van der Waals surface area contributed by atoms with Gasteiger partial charge in [-0.05, 0) is 42.0 Å². The van der Waals surface area contributed by atoms with E-state index in [1.165, 1.54) is 0 Å². The molecule has 0 aliphatic carbocycles. The van der Waals surface area contributed by atoms with Gasteiger partial charge in [-0.1, -0.05) is 6.07 Å². The molecule has 0 saturated carbocycles. The molecule has 2 aromatic rings. The van der Waals surface area contributed by atoms with Crippen LogP contribution in [0.4, 0.5) is 11.4 Å². The van der Waals surface area contributed by atoms with Crippen molar-refractivity contribution in [2.75, 3.05) is 31.4 Å². The molecule has 2 aromatic carbocycles. The topological polar surface area (TPSA) is 44.7 Å². The quantitative estimate of drug-likeness (QED) is 0.878. The number of phenols is 1. The number of hydrogen-bond donors (Lipinski definition) is 2. The molecule has 0 heterocycles. The second kappa shape index (κ2) is 6.19. The number of nitrogens with one attached hydrogen (secondary N) is 1. The molecule has 0 aliphatic rings. The highest BCUT2D eigenvalue weighted by molar-refractivity contribution is 5.54. The highest BCUT2D eigenvalue weighted by atomic mass is 16.5. The Morgan fingerprint density at radius 2 is 1.80 bits per heavy atom. The molecule has 20 heavy (non-hydrogen) atoms. The molecule has 0 spiro atoms. The third kappa shape index (κ3) is 3.35. The zero-order valence-corrected chi connectivity index (χ0v) is 12.1. The van der Waals surface area contributed by atoms with E-state index in [1.807, 2.05) is 32.3 Å². The van der Waals surface area contributed by atoms with Gasteiger partial charge in [-0.25, -0.2) is 0 Å². The van der Waals surface area contributed by atoms with Crippen LogP contribution in [-0.4, -0.2) is 26.3 Å². The summed E-state index contributed by atoms with van der Waals surface area (Å²) in [6, 6.07) is 13.6. The predicted octanol–water partition coefficient (Wildman–Crippen LogP) is 3.08. The lowest BCUT2D eigenvalue weighted by Crippen LogP contribution is -2.08. The van der Waals surface area contributed by atoms with Crippen LogP contribution in [0.15, 0.2) is 42.5 Å². The molecule has 0 unspecified atom stereocenters. The van der Waals surface area contributed by atoms with Crippen molar-refractivity contribution in [3.05, 3.63) is 48.0 Å². The number of aromatic hydroxyl groups is 1. The van der Waals surface area contributed by atoms with E-state index in [4.69, 9.17) is 4.74 Å². The molecule has 106 valence electrons. The van der Waals surface area contributed by atoms with Crippen molar-refractivity contribution < 1.29 is 9.84 Å². The number of hydrogen-bond acceptors (Lipinski definition) is 4. The summed E-state index contributed by atoms with van der Waals surface area (Å²) in [5, 5.41) is 13.0. The molecule has 4 nitrogen and oxygen atoms in total. The van der Waals surface area contributed by atoms with E-state index in [9.17, 15) is 5.11 Å². The van der Waals surface area contributed by atoms with Gasteiger partial charge < -0.3 is 20.1 Å². The monoisotopic (exact) mass is 272 g/mol. The van der Waals surface area contributed by atoms with Gasteiger partial charge in [-0.3, -0.25) is 0 Å². The molecular formula is C16H20N2O2. The Hall–Kier alpha value is -2.36. The second-order valence-corrected chi connectivity index (χ2v) is 4.80. The molecule has 0 radical (unpaired) electrons. The Balaban J connectivity index is 1.99. The van der Waals surface area contributed by atoms with Crippen molar-refractivity contribution >= 4 is 11.4 Å². The number of anilines is 2. The van der Waals surface area contributed by atoms with E-state index in [1.54, 1.807) is 19.2 Å². The van der Waals surface area contributed by atoms with Crippen LogP contribution >= 0.6 is 0 Å². The summed E-state index contributed by atoms with van der Waals surface area (Å²) in [5.41, 5.74) is 3.21. The van der Waals surface area contributed by atoms with E-state index in [0.29, 0.717) is 12.3 Å². The highest BCUT2D eigenvalue weighted by Gasteiger charge is 2.02. The summed E-state index contributed by atoms with van der Waals surface area (Å²) in [6.45, 7) is 0.652. The Kier molecular flexibility index (Phi) is 4.35. The van der Waals surface area contributed by atoms with E-state index >= 15 is 0 Å². The Morgan fingerprint density at radius 1 is 1.10 bits per heavy atom. The normalized spacial score (nSPS) is 10.2. The summed E-state index contributed by atoms with van der Waals surface area (Å²) in [5.74, 6) is 0.652. The SMILES string of the molecule is COc1ccc(CNc2ccc(N(C)C)cc2)cc1O. The molecule has 0 aliphatic heterocycles. The van der Waals surface area contributed by atoms with Crippen molar-refractivity contribution in [1.82, 2.24) is 0 Å². The van der Waals surface area contributed by atoms with Crippen molar-refractivity contribution in [2.24, 2.45) is 0 Å². The summed E-state index contributed by atoms with van der Waals surface area (Å²) in [7, 11) is 5.57. The van der Waals surface area contributed by atoms with Gasteiger partial charge >= 0.3 is 0 Å². The molecule has 2 rings (SSSR count). The third-order valence-electron chi connectivity index (χ3n) is 3.12. The minimum Gasteiger partial charge on any atom is -0.504 e. The van der Waals surface area contributed by atoms with Crippen molar-refractivity contribution in [3.8, 4) is 11.5 Å². The van der Waals surface area contributed by atoms with Crippen molar-refractivity contribution in [1.29, 1.82) is 0 Å². The second-order valence-electron chi connectivity index (χ2n) is 4.80. The van der Waals surface area contributed by atoms with Gasteiger partial charge in [0, 0.05) is 32.0 Å². The fourth-order valence-electron chi connectivity index (χ4n) is 1.93. The average Bonchev–Trinajstić information content (AvgIpc) is 2.45. The minimum absolute atomic E-state index is 0.162. The molecule has 2 N–H and O–H groups in total. The number of nitrogens with zero attached hydrogens (tertiary/aromatic N) is 1. The largest absolute Gasteiger partial charge is 0.504 e.